The Morgan fingerprint density at radius 1 is 1.28 bits per heavy atom. The van der Waals surface area contributed by atoms with Crippen molar-refractivity contribution in [1.82, 2.24) is 5.32 Å². The first-order chi connectivity index (χ1) is 8.36. The van der Waals surface area contributed by atoms with E-state index in [2.05, 4.69) is 5.32 Å². The lowest BCUT2D eigenvalue weighted by Crippen LogP contribution is -2.17. The van der Waals surface area contributed by atoms with Gasteiger partial charge in [0, 0.05) is 0 Å². The average molecular weight is 301 g/mol. The summed E-state index contributed by atoms with van der Waals surface area (Å²) in [7, 11) is -4.19. The summed E-state index contributed by atoms with van der Waals surface area (Å²) in [4.78, 5) is 11.6. The van der Waals surface area contributed by atoms with Crippen molar-refractivity contribution in [2.75, 3.05) is 0 Å². The van der Waals surface area contributed by atoms with Gasteiger partial charge in [0.1, 0.15) is 4.32 Å². The van der Waals surface area contributed by atoms with Gasteiger partial charge in [-0.2, -0.15) is 8.42 Å². The fraction of sp³-hybridized carbons (Fsp3) is 0. The molecule has 0 saturated carbocycles. The van der Waals surface area contributed by atoms with Crippen LogP contribution in [0.4, 0.5) is 0 Å². The standard InChI is InChI=1S/C10H7NO4S3/c12-9-8(17-10(16)11-9)5-6-1-3-7(4-2-6)18(13,14)15/h1-5H,(H,11,12,16)(H,13,14,15). The fourth-order valence-electron chi connectivity index (χ4n) is 1.31. The van der Waals surface area contributed by atoms with E-state index in [1.807, 2.05) is 0 Å². The molecule has 0 bridgehead atoms. The molecule has 0 aromatic heterocycles. The molecule has 0 spiro atoms. The van der Waals surface area contributed by atoms with Crippen LogP contribution in [0.25, 0.3) is 6.08 Å². The maximum absolute atomic E-state index is 11.4. The van der Waals surface area contributed by atoms with Gasteiger partial charge in [-0.05, 0) is 23.8 Å². The zero-order chi connectivity index (χ0) is 13.3. The third-order valence-corrected chi connectivity index (χ3v) is 4.15. The number of hydrogen-bond acceptors (Lipinski definition) is 5. The molecule has 5 nitrogen and oxygen atoms in total. The fourth-order valence-corrected chi connectivity index (χ4v) is 2.83. The van der Waals surface area contributed by atoms with Gasteiger partial charge in [0.2, 0.25) is 0 Å². The largest absolute Gasteiger partial charge is 0.307 e. The number of thiocarbonyl (C=S) groups is 1. The molecule has 1 saturated heterocycles. The van der Waals surface area contributed by atoms with Crippen LogP contribution < -0.4 is 5.32 Å². The molecule has 0 aliphatic carbocycles. The molecule has 1 aliphatic rings. The Bertz CT molecular complexity index is 646. The van der Waals surface area contributed by atoms with E-state index < -0.39 is 10.1 Å². The van der Waals surface area contributed by atoms with Crippen molar-refractivity contribution in [2.24, 2.45) is 0 Å². The molecule has 2 N–H and O–H groups in total. The Morgan fingerprint density at radius 3 is 2.33 bits per heavy atom. The molecule has 0 atom stereocenters. The van der Waals surface area contributed by atoms with Gasteiger partial charge < -0.3 is 5.32 Å². The molecule has 18 heavy (non-hydrogen) atoms. The van der Waals surface area contributed by atoms with Crippen LogP contribution in [-0.2, 0) is 14.9 Å². The van der Waals surface area contributed by atoms with Gasteiger partial charge in [-0.25, -0.2) is 0 Å². The summed E-state index contributed by atoms with van der Waals surface area (Å²) in [5, 5.41) is 2.47. The van der Waals surface area contributed by atoms with Crippen LogP contribution in [0.15, 0.2) is 34.1 Å². The van der Waals surface area contributed by atoms with Crippen molar-refractivity contribution in [2.45, 2.75) is 4.90 Å². The highest BCUT2D eigenvalue weighted by molar-refractivity contribution is 8.26. The second kappa shape index (κ2) is 4.81. The van der Waals surface area contributed by atoms with E-state index in [1.165, 1.54) is 24.3 Å². The van der Waals surface area contributed by atoms with Gasteiger partial charge in [-0.15, -0.1) is 0 Å². The van der Waals surface area contributed by atoms with Gasteiger partial charge in [-0.3, -0.25) is 9.35 Å². The van der Waals surface area contributed by atoms with Crippen molar-refractivity contribution < 1.29 is 17.8 Å². The Kier molecular flexibility index (Phi) is 3.53. The molecule has 2 rings (SSSR count). The number of benzene rings is 1. The number of amides is 1. The minimum atomic E-state index is -4.19. The molecule has 1 aliphatic heterocycles. The lowest BCUT2D eigenvalue weighted by Gasteiger charge is -1.98. The summed E-state index contributed by atoms with van der Waals surface area (Å²) in [6.45, 7) is 0. The molecular formula is C10H7NO4S3. The van der Waals surface area contributed by atoms with Gasteiger partial charge in [0.05, 0.1) is 9.80 Å². The summed E-state index contributed by atoms with van der Waals surface area (Å²) in [6.07, 6.45) is 1.59. The van der Waals surface area contributed by atoms with Crippen molar-refractivity contribution in [3.05, 3.63) is 34.7 Å². The first-order valence-corrected chi connectivity index (χ1v) is 7.35. The second-order valence-electron chi connectivity index (χ2n) is 3.40. The molecule has 1 aromatic carbocycles. The monoisotopic (exact) mass is 301 g/mol. The topological polar surface area (TPSA) is 83.5 Å². The SMILES string of the molecule is O=C1NC(=S)SC1=Cc1ccc(S(=O)(=O)O)cc1. The van der Waals surface area contributed by atoms with Gasteiger partial charge >= 0.3 is 0 Å². The lowest BCUT2D eigenvalue weighted by atomic mass is 10.2. The van der Waals surface area contributed by atoms with Crippen LogP contribution >= 0.6 is 24.0 Å². The summed E-state index contributed by atoms with van der Waals surface area (Å²) >= 11 is 5.98. The molecule has 0 radical (unpaired) electrons. The highest BCUT2D eigenvalue weighted by Crippen LogP contribution is 2.26. The van der Waals surface area contributed by atoms with Gasteiger partial charge in [-0.1, -0.05) is 36.1 Å². The van der Waals surface area contributed by atoms with E-state index >= 15 is 0 Å². The van der Waals surface area contributed by atoms with Crippen LogP contribution in [0.1, 0.15) is 5.56 Å². The van der Waals surface area contributed by atoms with Crippen molar-refractivity contribution in [3.63, 3.8) is 0 Å². The van der Waals surface area contributed by atoms with Crippen molar-refractivity contribution in [3.8, 4) is 0 Å². The molecule has 1 amide bonds. The second-order valence-corrected chi connectivity index (χ2v) is 6.54. The summed E-state index contributed by atoms with van der Waals surface area (Å²) in [6, 6.07) is 5.51. The third-order valence-electron chi connectivity index (χ3n) is 2.12. The summed E-state index contributed by atoms with van der Waals surface area (Å²) < 4.78 is 30.9. The quantitative estimate of drug-likeness (QED) is 0.488. The van der Waals surface area contributed by atoms with E-state index in [9.17, 15) is 13.2 Å². The minimum absolute atomic E-state index is 0.191. The average Bonchev–Trinajstić information content (AvgIpc) is 2.57. The van der Waals surface area contributed by atoms with E-state index in [1.54, 1.807) is 6.08 Å². The van der Waals surface area contributed by atoms with Gasteiger partial charge in [0.15, 0.2) is 0 Å². The Labute approximate surface area is 113 Å². The van der Waals surface area contributed by atoms with Crippen molar-refractivity contribution >= 4 is 50.4 Å². The molecular weight excluding hydrogens is 294 g/mol. The molecule has 1 fully saturated rings. The Hall–Kier alpha value is -1.22. The van der Waals surface area contributed by atoms with E-state index in [0.717, 1.165) is 11.8 Å². The van der Waals surface area contributed by atoms with Crippen LogP contribution in [0.5, 0.6) is 0 Å². The molecule has 1 aromatic rings. The maximum Gasteiger partial charge on any atom is 0.294 e. The molecule has 0 unspecified atom stereocenters. The molecule has 1 heterocycles. The number of hydrogen-bond donors (Lipinski definition) is 2. The lowest BCUT2D eigenvalue weighted by molar-refractivity contribution is -0.115. The number of thioether (sulfide) groups is 1. The van der Waals surface area contributed by atoms with Crippen molar-refractivity contribution in [1.29, 1.82) is 0 Å². The molecule has 94 valence electrons. The number of carbonyl (C=O) groups excluding carboxylic acids is 1. The summed E-state index contributed by atoms with van der Waals surface area (Å²) in [5.74, 6) is -0.274. The zero-order valence-corrected chi connectivity index (χ0v) is 11.2. The normalized spacial score (nSPS) is 18.2. The van der Waals surface area contributed by atoms with Crippen LogP contribution in [0.3, 0.4) is 0 Å². The summed E-state index contributed by atoms with van der Waals surface area (Å²) in [5.41, 5.74) is 0.643. The Balaban J connectivity index is 2.29. The zero-order valence-electron chi connectivity index (χ0n) is 8.78. The predicted molar refractivity (Wildman–Crippen MR) is 72.6 cm³/mol. The van der Waals surface area contributed by atoms with Crippen LogP contribution in [-0.4, -0.2) is 23.2 Å². The predicted octanol–water partition coefficient (Wildman–Crippen LogP) is 1.42. The van der Waals surface area contributed by atoms with Gasteiger partial charge in [0.25, 0.3) is 16.0 Å². The van der Waals surface area contributed by atoms with E-state index in [0.29, 0.717) is 14.8 Å². The number of nitrogens with one attached hydrogen (secondary N) is 1. The molecule has 8 heteroatoms. The maximum atomic E-state index is 11.4. The first kappa shape index (κ1) is 13.2. The smallest absolute Gasteiger partial charge is 0.294 e. The Morgan fingerprint density at radius 2 is 1.89 bits per heavy atom. The van der Waals surface area contributed by atoms with E-state index in [-0.39, 0.29) is 10.8 Å². The highest BCUT2D eigenvalue weighted by Gasteiger charge is 2.21. The van der Waals surface area contributed by atoms with Crippen LogP contribution in [0.2, 0.25) is 0 Å². The number of rotatable bonds is 2. The minimum Gasteiger partial charge on any atom is -0.307 e. The third kappa shape index (κ3) is 2.96. The van der Waals surface area contributed by atoms with Crippen LogP contribution in [0, 0.1) is 0 Å². The highest BCUT2D eigenvalue weighted by atomic mass is 32.2. The number of carbonyl (C=O) groups is 1. The van der Waals surface area contributed by atoms with E-state index in [4.69, 9.17) is 16.8 Å². The first-order valence-electron chi connectivity index (χ1n) is 4.69.